The van der Waals surface area contributed by atoms with E-state index in [1.807, 2.05) is 0 Å². The van der Waals surface area contributed by atoms with Gasteiger partial charge < -0.3 is 21.9 Å². The second-order valence-corrected chi connectivity index (χ2v) is 2.30. The molecule has 0 radical (unpaired) electrons. The summed E-state index contributed by atoms with van der Waals surface area (Å²) in [5.41, 5.74) is 9.97. The molecule has 0 rings (SSSR count). The molecule has 0 aliphatic carbocycles. The molecule has 12 heavy (non-hydrogen) atoms. The number of aliphatic carboxylic acids is 1. The van der Waals surface area contributed by atoms with Gasteiger partial charge in [0.2, 0.25) is 5.91 Å². The quantitative estimate of drug-likeness (QED) is 0.367. The van der Waals surface area contributed by atoms with Crippen molar-refractivity contribution in [2.75, 3.05) is 13.1 Å². The Kier molecular flexibility index (Phi) is 4.98. The van der Waals surface area contributed by atoms with Gasteiger partial charge in [0.15, 0.2) is 0 Å². The summed E-state index contributed by atoms with van der Waals surface area (Å²) in [6.07, 6.45) is -0.213. The summed E-state index contributed by atoms with van der Waals surface area (Å²) in [7, 11) is 0. The highest BCUT2D eigenvalue weighted by molar-refractivity contribution is 5.83. The van der Waals surface area contributed by atoms with Gasteiger partial charge in [0, 0.05) is 13.1 Å². The van der Waals surface area contributed by atoms with Crippen LogP contribution in [0.25, 0.3) is 0 Å². The molecule has 6 N–H and O–H groups in total. The number of carbonyl (C=O) groups excluding carboxylic acids is 1. The van der Waals surface area contributed by atoms with Crippen molar-refractivity contribution >= 4 is 11.9 Å². The van der Waals surface area contributed by atoms with Crippen LogP contribution >= 0.6 is 0 Å². The highest BCUT2D eigenvalue weighted by Crippen LogP contribution is 1.90. The summed E-state index contributed by atoms with van der Waals surface area (Å²) < 4.78 is 0. The Balaban J connectivity index is 3.87. The maximum atomic E-state index is 10.4. The van der Waals surface area contributed by atoms with E-state index in [9.17, 15) is 9.59 Å². The molecular weight excluding hydrogens is 162 g/mol. The van der Waals surface area contributed by atoms with Crippen LogP contribution in [0, 0.1) is 0 Å². The van der Waals surface area contributed by atoms with Gasteiger partial charge in [-0.3, -0.25) is 9.59 Å². The van der Waals surface area contributed by atoms with E-state index in [4.69, 9.17) is 16.6 Å². The number of hydrogen-bond donors (Lipinski definition) is 4. The van der Waals surface area contributed by atoms with E-state index in [2.05, 4.69) is 5.32 Å². The van der Waals surface area contributed by atoms with Gasteiger partial charge >= 0.3 is 5.97 Å². The zero-order chi connectivity index (χ0) is 9.56. The van der Waals surface area contributed by atoms with E-state index >= 15 is 0 Å². The number of nitrogens with two attached hydrogens (primary N) is 2. The fourth-order valence-corrected chi connectivity index (χ4v) is 0.706. The van der Waals surface area contributed by atoms with Crippen molar-refractivity contribution in [3.05, 3.63) is 0 Å². The maximum absolute atomic E-state index is 10.4. The number of nitrogens with one attached hydrogen (secondary N) is 1. The lowest BCUT2D eigenvalue weighted by atomic mass is 10.2. The largest absolute Gasteiger partial charge is 0.480 e. The number of hydrogen-bond acceptors (Lipinski definition) is 4. The van der Waals surface area contributed by atoms with E-state index in [0.29, 0.717) is 13.1 Å². The van der Waals surface area contributed by atoms with Gasteiger partial charge in [0.25, 0.3) is 0 Å². The van der Waals surface area contributed by atoms with Gasteiger partial charge in [-0.2, -0.15) is 0 Å². The number of amides is 1. The van der Waals surface area contributed by atoms with E-state index < -0.39 is 17.9 Å². The summed E-state index contributed by atoms with van der Waals surface area (Å²) in [5, 5.41) is 11.1. The predicted octanol–water partition coefficient (Wildman–Crippen LogP) is -2.14. The van der Waals surface area contributed by atoms with Gasteiger partial charge in [-0.15, -0.1) is 0 Å². The Hall–Kier alpha value is -1.14. The molecule has 0 aliphatic rings. The van der Waals surface area contributed by atoms with Gasteiger partial charge in [-0.25, -0.2) is 0 Å². The Morgan fingerprint density at radius 1 is 1.50 bits per heavy atom. The van der Waals surface area contributed by atoms with Crippen LogP contribution in [0.1, 0.15) is 6.42 Å². The molecule has 1 unspecified atom stereocenters. The molecule has 6 heteroatoms. The lowest BCUT2D eigenvalue weighted by Crippen LogP contribution is -2.42. The van der Waals surface area contributed by atoms with E-state index in [-0.39, 0.29) is 6.42 Å². The Labute approximate surface area is 69.9 Å². The number of rotatable bonds is 6. The highest BCUT2D eigenvalue weighted by Gasteiger charge is 2.18. The molecule has 0 bridgehead atoms. The van der Waals surface area contributed by atoms with Crippen molar-refractivity contribution in [1.82, 2.24) is 5.32 Å². The Bertz CT molecular complexity index is 171. The average Bonchev–Trinajstić information content (AvgIpc) is 1.96. The van der Waals surface area contributed by atoms with Crippen LogP contribution in [-0.4, -0.2) is 36.1 Å². The van der Waals surface area contributed by atoms with E-state index in [1.165, 1.54) is 0 Å². The zero-order valence-corrected chi connectivity index (χ0v) is 6.62. The number of primary amides is 1. The molecule has 0 saturated heterocycles. The monoisotopic (exact) mass is 175 g/mol. The third kappa shape index (κ3) is 4.64. The SMILES string of the molecule is NCCNC(CC(N)=O)C(=O)O. The van der Waals surface area contributed by atoms with Crippen LogP contribution < -0.4 is 16.8 Å². The third-order valence-corrected chi connectivity index (χ3v) is 1.24. The molecule has 1 amide bonds. The first-order valence-electron chi connectivity index (χ1n) is 3.52. The molecular formula is C6H13N3O3. The summed E-state index contributed by atoms with van der Waals surface area (Å²) in [4.78, 5) is 20.8. The molecule has 0 aromatic heterocycles. The first kappa shape index (κ1) is 10.9. The zero-order valence-electron chi connectivity index (χ0n) is 6.62. The molecule has 0 saturated carbocycles. The first-order chi connectivity index (χ1) is 5.57. The fraction of sp³-hybridized carbons (Fsp3) is 0.667. The average molecular weight is 175 g/mol. The van der Waals surface area contributed by atoms with Crippen molar-refractivity contribution in [3.8, 4) is 0 Å². The van der Waals surface area contributed by atoms with Crippen LogP contribution in [-0.2, 0) is 9.59 Å². The Morgan fingerprint density at radius 2 is 2.08 bits per heavy atom. The smallest absolute Gasteiger partial charge is 0.321 e. The standard InChI is InChI=1S/C6H13N3O3/c7-1-2-9-4(6(11)12)3-5(8)10/h4,9H,1-3,7H2,(H2,8,10)(H,11,12). The van der Waals surface area contributed by atoms with Crippen LogP contribution in [0.3, 0.4) is 0 Å². The minimum Gasteiger partial charge on any atom is -0.480 e. The molecule has 0 heterocycles. The summed E-state index contributed by atoms with van der Waals surface area (Å²) in [5.74, 6) is -1.74. The molecule has 1 atom stereocenters. The van der Waals surface area contributed by atoms with Crippen molar-refractivity contribution in [2.45, 2.75) is 12.5 Å². The van der Waals surface area contributed by atoms with Crippen molar-refractivity contribution in [1.29, 1.82) is 0 Å². The molecule has 0 aliphatic heterocycles. The molecule has 0 aromatic rings. The second kappa shape index (κ2) is 5.50. The van der Waals surface area contributed by atoms with Crippen LogP contribution in [0.4, 0.5) is 0 Å². The third-order valence-electron chi connectivity index (χ3n) is 1.24. The van der Waals surface area contributed by atoms with Crippen LogP contribution in [0.15, 0.2) is 0 Å². The molecule has 70 valence electrons. The fourth-order valence-electron chi connectivity index (χ4n) is 0.706. The van der Waals surface area contributed by atoms with Gasteiger partial charge in [-0.05, 0) is 0 Å². The van der Waals surface area contributed by atoms with E-state index in [0.717, 1.165) is 0 Å². The predicted molar refractivity (Wildman–Crippen MR) is 42.3 cm³/mol. The van der Waals surface area contributed by atoms with Crippen molar-refractivity contribution in [2.24, 2.45) is 11.5 Å². The second-order valence-electron chi connectivity index (χ2n) is 2.30. The lowest BCUT2D eigenvalue weighted by molar-refractivity contribution is -0.141. The summed E-state index contributed by atoms with van der Waals surface area (Å²) >= 11 is 0. The maximum Gasteiger partial charge on any atom is 0.321 e. The normalized spacial score (nSPS) is 12.4. The highest BCUT2D eigenvalue weighted by atomic mass is 16.4. The number of carboxylic acid groups (broad SMARTS) is 1. The van der Waals surface area contributed by atoms with Crippen molar-refractivity contribution in [3.63, 3.8) is 0 Å². The van der Waals surface area contributed by atoms with Crippen LogP contribution in [0.5, 0.6) is 0 Å². The summed E-state index contributed by atoms with van der Waals surface area (Å²) in [6.45, 7) is 0.673. The van der Waals surface area contributed by atoms with Gasteiger partial charge in [0.05, 0.1) is 6.42 Å². The minimum absolute atomic E-state index is 0.213. The first-order valence-corrected chi connectivity index (χ1v) is 3.52. The number of carbonyl (C=O) groups is 2. The number of carboxylic acids is 1. The van der Waals surface area contributed by atoms with Gasteiger partial charge in [0.1, 0.15) is 6.04 Å². The van der Waals surface area contributed by atoms with Crippen molar-refractivity contribution < 1.29 is 14.7 Å². The molecule has 0 aromatic carbocycles. The topological polar surface area (TPSA) is 118 Å². The van der Waals surface area contributed by atoms with E-state index in [1.54, 1.807) is 0 Å². The van der Waals surface area contributed by atoms with Gasteiger partial charge in [-0.1, -0.05) is 0 Å². The molecule has 0 fully saturated rings. The minimum atomic E-state index is -1.10. The lowest BCUT2D eigenvalue weighted by Gasteiger charge is -2.10. The van der Waals surface area contributed by atoms with Crippen LogP contribution in [0.2, 0.25) is 0 Å². The Morgan fingerprint density at radius 3 is 2.42 bits per heavy atom. The molecule has 6 nitrogen and oxygen atoms in total. The molecule has 0 spiro atoms. The summed E-state index contributed by atoms with van der Waals surface area (Å²) in [6, 6.07) is -0.925.